The average molecular weight is 232 g/mol. The summed E-state index contributed by atoms with van der Waals surface area (Å²) in [7, 11) is 0. The first-order valence-electron chi connectivity index (χ1n) is 0. The molecule has 4 heteroatoms. The van der Waals surface area contributed by atoms with Gasteiger partial charge in [-0.3, -0.25) is 0 Å². The van der Waals surface area contributed by atoms with Crippen molar-refractivity contribution in [2.45, 2.75) is 0 Å². The summed E-state index contributed by atoms with van der Waals surface area (Å²) < 4.78 is 0. The summed E-state index contributed by atoms with van der Waals surface area (Å²) >= 11 is 0. The van der Waals surface area contributed by atoms with Crippen LogP contribution < -0.4 is 0 Å². The van der Waals surface area contributed by atoms with Crippen LogP contribution in [-0.4, -0.2) is 0 Å². The molecule has 0 unspecified atom stereocenters. The first-order valence-corrected chi connectivity index (χ1v) is 0. The van der Waals surface area contributed by atoms with Crippen LogP contribution in [0.2, 0.25) is 0 Å². The summed E-state index contributed by atoms with van der Waals surface area (Å²) in [6.07, 6.45) is 0. The Bertz CT molecular complexity index is 3.25. The van der Waals surface area contributed by atoms with Crippen LogP contribution >= 0.6 is 0 Å². The molecule has 0 aromatic rings. The van der Waals surface area contributed by atoms with Crippen LogP contribution in [0.1, 0.15) is 0 Å². The van der Waals surface area contributed by atoms with E-state index in [9.17, 15) is 0 Å². The van der Waals surface area contributed by atoms with Gasteiger partial charge in [0.25, 0.3) is 0 Å². The fraction of sp³-hybridized carbons (Fsp3) is 0. The predicted molar refractivity (Wildman–Crippen MR) is 15.9 cm³/mol. The second-order valence-electron chi connectivity index (χ2n) is 0. The van der Waals surface area contributed by atoms with Crippen molar-refractivity contribution in [3.05, 3.63) is 18.5 Å². The largest absolute Gasteiger partial charge is 0.693 e. The van der Waals surface area contributed by atoms with E-state index in [-0.39, 0.29) is 39.5 Å². The molecule has 3 nitrogen and oxygen atoms in total. The molecule has 0 aliphatic heterocycles. The second-order valence-corrected chi connectivity index (χ2v) is 0. The van der Waals surface area contributed by atoms with Crippen LogP contribution in [0, 0.1) is 0 Å². The molecule has 0 aliphatic rings. The Hall–Kier alpha value is 0.568. The normalized spacial score (nSPS) is 0. The standard InChI is InChI=1S/3H2N.W/h3*1H2;/q3*-1;. The molecule has 30 valence electrons. The molecule has 0 amide bonds. The van der Waals surface area contributed by atoms with E-state index in [1.165, 1.54) is 0 Å². The topological polar surface area (TPSA) is 100 Å². The van der Waals surface area contributed by atoms with Crippen molar-refractivity contribution in [3.8, 4) is 0 Å². The van der Waals surface area contributed by atoms with Gasteiger partial charge < -0.3 is 18.5 Å². The van der Waals surface area contributed by atoms with Gasteiger partial charge in [0, 0.05) is 21.1 Å². The van der Waals surface area contributed by atoms with Crippen molar-refractivity contribution >= 4 is 0 Å². The molecule has 0 fully saturated rings. The Labute approximate surface area is 40.2 Å². The monoisotopic (exact) mass is 232 g/mol. The third kappa shape index (κ3) is 19.6. The maximum absolute atomic E-state index is 0. The maximum Gasteiger partial charge on any atom is 0 e. The van der Waals surface area contributed by atoms with Crippen LogP contribution in [0.25, 0.3) is 18.5 Å². The van der Waals surface area contributed by atoms with Gasteiger partial charge in [0.1, 0.15) is 0 Å². The third-order valence-corrected chi connectivity index (χ3v) is 0. The zero-order valence-corrected chi connectivity index (χ0v) is 5.07. The molecular formula is H6N3W-3. The van der Waals surface area contributed by atoms with E-state index in [1.54, 1.807) is 0 Å². The number of hydrogen-bond donors (Lipinski definition) is 0. The fourth-order valence-corrected chi connectivity index (χ4v) is 0. The second kappa shape index (κ2) is 72.9. The molecule has 0 aromatic carbocycles. The van der Waals surface area contributed by atoms with Gasteiger partial charge in [0.05, 0.1) is 0 Å². The molecule has 4 heavy (non-hydrogen) atoms. The van der Waals surface area contributed by atoms with Gasteiger partial charge in [0.15, 0.2) is 0 Å². The SMILES string of the molecule is [NH2-].[NH2-].[NH2-].[W]. The Balaban J connectivity index is 0. The van der Waals surface area contributed by atoms with Gasteiger partial charge in [-0.25, -0.2) is 0 Å². The molecule has 6 N–H and O–H groups in total. The van der Waals surface area contributed by atoms with Crippen LogP contribution in [0.4, 0.5) is 0 Å². The van der Waals surface area contributed by atoms with Crippen LogP contribution in [0.15, 0.2) is 0 Å². The molecule has 0 radical (unpaired) electrons. The predicted octanol–water partition coefficient (Wildman–Crippen LogP) is 2.15. The van der Waals surface area contributed by atoms with Crippen molar-refractivity contribution in [1.29, 1.82) is 0 Å². The van der Waals surface area contributed by atoms with E-state index in [2.05, 4.69) is 0 Å². The Morgan fingerprint density at radius 1 is 0.500 bits per heavy atom. The molecular weight excluding hydrogens is 226 g/mol. The molecule has 0 bridgehead atoms. The molecule has 0 rings (SSSR count). The van der Waals surface area contributed by atoms with Crippen molar-refractivity contribution < 1.29 is 21.1 Å². The van der Waals surface area contributed by atoms with Crippen molar-refractivity contribution in [1.82, 2.24) is 0 Å². The first-order chi connectivity index (χ1) is 0. The summed E-state index contributed by atoms with van der Waals surface area (Å²) in [5, 5.41) is 0. The molecule has 0 heterocycles. The zero-order chi connectivity index (χ0) is 0. The molecule has 0 atom stereocenters. The van der Waals surface area contributed by atoms with E-state index >= 15 is 0 Å². The number of rotatable bonds is 0. The Morgan fingerprint density at radius 3 is 0.500 bits per heavy atom. The van der Waals surface area contributed by atoms with Gasteiger partial charge in [-0.1, -0.05) is 0 Å². The van der Waals surface area contributed by atoms with E-state index in [0.29, 0.717) is 0 Å². The van der Waals surface area contributed by atoms with Gasteiger partial charge in [-0.05, 0) is 0 Å². The van der Waals surface area contributed by atoms with E-state index in [4.69, 9.17) is 0 Å². The fourth-order valence-electron chi connectivity index (χ4n) is 0. The van der Waals surface area contributed by atoms with Crippen LogP contribution in [-0.2, 0) is 21.1 Å². The average Bonchev–Trinajstić information content (AvgIpc) is 0. The minimum Gasteiger partial charge on any atom is -0.693 e. The molecule has 0 saturated carbocycles. The van der Waals surface area contributed by atoms with Crippen molar-refractivity contribution in [2.24, 2.45) is 0 Å². The summed E-state index contributed by atoms with van der Waals surface area (Å²) in [5.41, 5.74) is 0. The minimum absolute atomic E-state index is 0. The van der Waals surface area contributed by atoms with Gasteiger partial charge in [-0.2, -0.15) is 0 Å². The van der Waals surface area contributed by atoms with Crippen LogP contribution in [0.5, 0.6) is 0 Å². The van der Waals surface area contributed by atoms with Crippen molar-refractivity contribution in [2.75, 3.05) is 0 Å². The van der Waals surface area contributed by atoms with Gasteiger partial charge in [-0.15, -0.1) is 0 Å². The molecule has 0 aliphatic carbocycles. The maximum atomic E-state index is 0. The summed E-state index contributed by atoms with van der Waals surface area (Å²) in [4.78, 5) is 0. The van der Waals surface area contributed by atoms with E-state index in [0.717, 1.165) is 0 Å². The minimum atomic E-state index is 0. The molecule has 0 aromatic heterocycles. The smallest absolute Gasteiger partial charge is 0 e. The zero-order valence-electron chi connectivity index (χ0n) is 2.14. The van der Waals surface area contributed by atoms with Gasteiger partial charge >= 0.3 is 0 Å². The summed E-state index contributed by atoms with van der Waals surface area (Å²) in [5.74, 6) is 0. The van der Waals surface area contributed by atoms with Crippen molar-refractivity contribution in [3.63, 3.8) is 0 Å². The van der Waals surface area contributed by atoms with E-state index < -0.39 is 0 Å². The number of nitrogens with two attached hydrogens (primary N) is 3. The quantitative estimate of drug-likeness (QED) is 0.610. The Kier molecular flexibility index (Phi) is 3280. The summed E-state index contributed by atoms with van der Waals surface area (Å²) in [6, 6.07) is 0. The van der Waals surface area contributed by atoms with Crippen LogP contribution in [0.3, 0.4) is 0 Å². The first kappa shape index (κ1) is 180. The Morgan fingerprint density at radius 2 is 0.500 bits per heavy atom. The summed E-state index contributed by atoms with van der Waals surface area (Å²) in [6.45, 7) is 0. The molecule has 0 saturated heterocycles. The van der Waals surface area contributed by atoms with E-state index in [1.807, 2.05) is 0 Å². The third-order valence-electron chi connectivity index (χ3n) is 0. The molecule has 0 spiro atoms. The number of hydrogen-bond acceptors (Lipinski definition) is 0. The van der Waals surface area contributed by atoms with Gasteiger partial charge in [0.2, 0.25) is 0 Å².